The number of nitrogens with zero attached hydrogens (tertiary/aromatic N) is 2. The van der Waals surface area contributed by atoms with E-state index in [1.807, 2.05) is 0 Å². The first kappa shape index (κ1) is 21.8. The van der Waals surface area contributed by atoms with E-state index in [1.54, 1.807) is 48.6 Å². The van der Waals surface area contributed by atoms with Crippen LogP contribution in [0.1, 0.15) is 35.8 Å². The van der Waals surface area contributed by atoms with Gasteiger partial charge in [-0.05, 0) is 44.0 Å². The summed E-state index contributed by atoms with van der Waals surface area (Å²) in [6.45, 7) is 3.23. The molecule has 0 radical (unpaired) electrons. The molecule has 30 heavy (non-hydrogen) atoms. The van der Waals surface area contributed by atoms with Gasteiger partial charge in [-0.2, -0.15) is 0 Å². The summed E-state index contributed by atoms with van der Waals surface area (Å²) in [5, 5.41) is 4.97. The number of hydrogen-bond acceptors (Lipinski definition) is 7. The lowest BCUT2D eigenvalue weighted by Gasteiger charge is -2.30. The Hall–Kier alpha value is -2.94. The maximum Gasteiger partial charge on any atom is 0.309 e. The minimum atomic E-state index is -0.272. The number of esters is 1. The molecule has 160 valence electrons. The van der Waals surface area contributed by atoms with Gasteiger partial charge in [0.25, 0.3) is 5.91 Å². The molecule has 1 aromatic heterocycles. The van der Waals surface area contributed by atoms with Gasteiger partial charge < -0.3 is 14.4 Å². The molecule has 2 amide bonds. The fourth-order valence-electron chi connectivity index (χ4n) is 3.25. The van der Waals surface area contributed by atoms with E-state index in [-0.39, 0.29) is 30.1 Å². The summed E-state index contributed by atoms with van der Waals surface area (Å²) in [5.74, 6) is 0.0591. The number of ether oxygens (including phenoxy) is 2. The Kier molecular flexibility index (Phi) is 7.40. The van der Waals surface area contributed by atoms with Crippen LogP contribution < -0.4 is 10.1 Å². The number of likely N-dealkylation sites (tertiary alicyclic amines) is 1. The Bertz CT molecular complexity index is 888. The van der Waals surface area contributed by atoms with Crippen LogP contribution in [0.15, 0.2) is 29.6 Å². The second-order valence-corrected chi connectivity index (χ2v) is 7.77. The average molecular weight is 432 g/mol. The number of amides is 2. The van der Waals surface area contributed by atoms with Crippen LogP contribution in [-0.2, 0) is 20.7 Å². The predicted octanol–water partition coefficient (Wildman–Crippen LogP) is 2.75. The molecular weight excluding hydrogens is 406 g/mol. The van der Waals surface area contributed by atoms with Gasteiger partial charge in [-0.3, -0.25) is 19.7 Å². The van der Waals surface area contributed by atoms with E-state index < -0.39 is 0 Å². The maximum atomic E-state index is 12.6. The molecule has 1 aliphatic heterocycles. The molecule has 2 heterocycles. The molecule has 1 aromatic carbocycles. The van der Waals surface area contributed by atoms with Gasteiger partial charge in [0.1, 0.15) is 5.75 Å². The maximum absolute atomic E-state index is 12.6. The van der Waals surface area contributed by atoms with Crippen molar-refractivity contribution in [3.05, 3.63) is 40.9 Å². The van der Waals surface area contributed by atoms with Gasteiger partial charge in [0.15, 0.2) is 5.13 Å². The molecule has 0 bridgehead atoms. The number of methoxy groups -OCH3 is 1. The van der Waals surface area contributed by atoms with Crippen molar-refractivity contribution in [1.29, 1.82) is 0 Å². The second kappa shape index (κ2) is 10.2. The van der Waals surface area contributed by atoms with Crippen molar-refractivity contribution in [3.8, 4) is 5.75 Å². The number of benzene rings is 1. The molecule has 0 atom stereocenters. The summed E-state index contributed by atoms with van der Waals surface area (Å²) >= 11 is 1.28. The summed E-state index contributed by atoms with van der Waals surface area (Å²) in [5.41, 5.74) is 1.11. The standard InChI is InChI=1S/C21H25N3O5S/c1-3-29-20(27)15-8-10-24(11-9-15)18(25)12-16-13-30-21(22-16)23-19(26)14-4-6-17(28-2)7-5-14/h4-7,13,15H,3,8-12H2,1-2H3,(H,22,23,26). The number of rotatable bonds is 7. The van der Waals surface area contributed by atoms with E-state index in [1.165, 1.54) is 11.3 Å². The van der Waals surface area contributed by atoms with Gasteiger partial charge >= 0.3 is 5.97 Å². The molecule has 3 rings (SSSR count). The van der Waals surface area contributed by atoms with Crippen LogP contribution >= 0.6 is 11.3 Å². The summed E-state index contributed by atoms with van der Waals surface area (Å²) < 4.78 is 10.1. The summed E-state index contributed by atoms with van der Waals surface area (Å²) in [4.78, 5) is 42.8. The SMILES string of the molecule is CCOC(=O)C1CCN(C(=O)Cc2csc(NC(=O)c3ccc(OC)cc3)n2)CC1. The van der Waals surface area contributed by atoms with Crippen LogP contribution in [-0.4, -0.2) is 54.5 Å². The first-order valence-electron chi connectivity index (χ1n) is 9.84. The third-order valence-electron chi connectivity index (χ3n) is 4.92. The Morgan fingerprint density at radius 2 is 1.90 bits per heavy atom. The molecule has 1 saturated heterocycles. The molecule has 1 fully saturated rings. The van der Waals surface area contributed by atoms with E-state index in [4.69, 9.17) is 9.47 Å². The van der Waals surface area contributed by atoms with Gasteiger partial charge in [-0.1, -0.05) is 0 Å². The average Bonchev–Trinajstić information content (AvgIpc) is 3.20. The van der Waals surface area contributed by atoms with Gasteiger partial charge in [0.2, 0.25) is 5.91 Å². The van der Waals surface area contributed by atoms with Gasteiger partial charge in [0.05, 0.1) is 31.7 Å². The number of piperidine rings is 1. The largest absolute Gasteiger partial charge is 0.497 e. The molecule has 1 N–H and O–H groups in total. The lowest BCUT2D eigenvalue weighted by Crippen LogP contribution is -2.41. The summed E-state index contributed by atoms with van der Waals surface area (Å²) in [6.07, 6.45) is 1.40. The van der Waals surface area contributed by atoms with Crippen LogP contribution in [0.4, 0.5) is 5.13 Å². The lowest BCUT2D eigenvalue weighted by molar-refractivity contribution is -0.151. The molecule has 0 spiro atoms. The first-order chi connectivity index (χ1) is 14.5. The Balaban J connectivity index is 1.49. The number of carbonyl (C=O) groups excluding carboxylic acids is 3. The zero-order chi connectivity index (χ0) is 21.5. The fraction of sp³-hybridized carbons (Fsp3) is 0.429. The van der Waals surface area contributed by atoms with Crippen molar-refractivity contribution in [2.24, 2.45) is 5.92 Å². The Labute approximate surface area is 179 Å². The van der Waals surface area contributed by atoms with Crippen molar-refractivity contribution >= 4 is 34.3 Å². The van der Waals surface area contributed by atoms with Crippen LogP contribution in [0.3, 0.4) is 0 Å². The summed E-state index contributed by atoms with van der Waals surface area (Å²) in [7, 11) is 1.57. The van der Waals surface area contributed by atoms with Gasteiger partial charge in [0, 0.05) is 24.0 Å². The highest BCUT2D eigenvalue weighted by molar-refractivity contribution is 7.14. The van der Waals surface area contributed by atoms with Crippen molar-refractivity contribution in [2.45, 2.75) is 26.2 Å². The lowest BCUT2D eigenvalue weighted by atomic mass is 9.97. The van der Waals surface area contributed by atoms with Crippen molar-refractivity contribution in [1.82, 2.24) is 9.88 Å². The first-order valence-corrected chi connectivity index (χ1v) is 10.7. The quantitative estimate of drug-likeness (QED) is 0.677. The van der Waals surface area contributed by atoms with Crippen LogP contribution in [0.25, 0.3) is 0 Å². The fourth-order valence-corrected chi connectivity index (χ4v) is 3.95. The van der Waals surface area contributed by atoms with E-state index in [2.05, 4.69) is 10.3 Å². The molecule has 1 aliphatic rings. The topological polar surface area (TPSA) is 97.8 Å². The number of carbonyl (C=O) groups is 3. The highest BCUT2D eigenvalue weighted by atomic mass is 32.1. The van der Waals surface area contributed by atoms with Crippen molar-refractivity contribution < 1.29 is 23.9 Å². The van der Waals surface area contributed by atoms with Gasteiger partial charge in [-0.25, -0.2) is 4.98 Å². The summed E-state index contributed by atoms with van der Waals surface area (Å²) in [6, 6.07) is 6.77. The number of aromatic nitrogens is 1. The predicted molar refractivity (Wildman–Crippen MR) is 113 cm³/mol. The molecule has 8 nitrogen and oxygen atoms in total. The minimum Gasteiger partial charge on any atom is -0.497 e. The molecule has 9 heteroatoms. The van der Waals surface area contributed by atoms with E-state index in [9.17, 15) is 14.4 Å². The Morgan fingerprint density at radius 1 is 1.20 bits per heavy atom. The highest BCUT2D eigenvalue weighted by Crippen LogP contribution is 2.21. The Morgan fingerprint density at radius 3 is 2.53 bits per heavy atom. The monoisotopic (exact) mass is 431 g/mol. The number of thiazole rings is 1. The molecule has 2 aromatic rings. The minimum absolute atomic E-state index is 0.0318. The van der Waals surface area contributed by atoms with Crippen LogP contribution in [0.5, 0.6) is 5.75 Å². The van der Waals surface area contributed by atoms with Crippen LogP contribution in [0, 0.1) is 5.92 Å². The molecule has 0 saturated carbocycles. The molecule has 0 unspecified atom stereocenters. The molecular formula is C21H25N3O5S. The number of hydrogen-bond donors (Lipinski definition) is 1. The van der Waals surface area contributed by atoms with E-state index >= 15 is 0 Å². The van der Waals surface area contributed by atoms with Crippen LogP contribution in [0.2, 0.25) is 0 Å². The number of anilines is 1. The van der Waals surface area contributed by atoms with Crippen molar-refractivity contribution in [2.75, 3.05) is 32.1 Å². The number of nitrogens with one attached hydrogen (secondary N) is 1. The normalized spacial score (nSPS) is 14.3. The third kappa shape index (κ3) is 5.56. The zero-order valence-electron chi connectivity index (χ0n) is 17.1. The van der Waals surface area contributed by atoms with E-state index in [0.29, 0.717) is 54.7 Å². The second-order valence-electron chi connectivity index (χ2n) is 6.91. The van der Waals surface area contributed by atoms with Gasteiger partial charge in [-0.15, -0.1) is 11.3 Å². The third-order valence-corrected chi connectivity index (χ3v) is 5.73. The molecule has 0 aliphatic carbocycles. The zero-order valence-corrected chi connectivity index (χ0v) is 17.9. The van der Waals surface area contributed by atoms with E-state index in [0.717, 1.165) is 0 Å². The van der Waals surface area contributed by atoms with Crippen molar-refractivity contribution in [3.63, 3.8) is 0 Å². The smallest absolute Gasteiger partial charge is 0.309 e. The highest BCUT2D eigenvalue weighted by Gasteiger charge is 2.28.